The highest BCUT2D eigenvalue weighted by molar-refractivity contribution is 7.92. The lowest BCUT2D eigenvalue weighted by Crippen LogP contribution is -2.40. The normalized spacial score (nSPS) is 12.0. The monoisotopic (exact) mass is 429 g/mol. The second-order valence-corrected chi connectivity index (χ2v) is 7.87. The Bertz CT molecular complexity index is 859. The molecule has 0 aliphatic rings. The van der Waals surface area contributed by atoms with E-state index in [2.05, 4.69) is 17.0 Å². The number of hydrogen-bond acceptors (Lipinski definition) is 4. The molecule has 1 unspecified atom stereocenters. The number of nitrogens with one attached hydrogen (secondary N) is 2. The van der Waals surface area contributed by atoms with Crippen molar-refractivity contribution >= 4 is 34.0 Å². The quantitative estimate of drug-likeness (QED) is 0.569. The van der Waals surface area contributed by atoms with Gasteiger partial charge in [-0.2, -0.15) is 0 Å². The van der Waals surface area contributed by atoms with Crippen molar-refractivity contribution in [3.05, 3.63) is 59.9 Å². The Morgan fingerprint density at radius 3 is 2.25 bits per heavy atom. The highest BCUT2D eigenvalue weighted by Gasteiger charge is 2.15. The van der Waals surface area contributed by atoms with Crippen molar-refractivity contribution in [3.63, 3.8) is 0 Å². The van der Waals surface area contributed by atoms with Crippen LogP contribution in [0.3, 0.4) is 0 Å². The fourth-order valence-electron chi connectivity index (χ4n) is 2.49. The summed E-state index contributed by atoms with van der Waals surface area (Å²) >= 11 is 0. The number of hydrogen-bond donors (Lipinski definition) is 3. The van der Waals surface area contributed by atoms with Gasteiger partial charge in [-0.25, -0.2) is 12.8 Å². The summed E-state index contributed by atoms with van der Waals surface area (Å²) in [4.78, 5) is 12.2. The number of benzene rings is 2. The van der Waals surface area contributed by atoms with Gasteiger partial charge in [0.15, 0.2) is 0 Å². The van der Waals surface area contributed by atoms with Crippen LogP contribution >= 0.6 is 12.4 Å². The van der Waals surface area contributed by atoms with Crippen LogP contribution in [0.5, 0.6) is 0 Å². The second-order valence-electron chi connectivity index (χ2n) is 6.19. The van der Waals surface area contributed by atoms with Crippen molar-refractivity contribution in [1.82, 2.24) is 5.32 Å². The topological polar surface area (TPSA) is 101 Å². The van der Waals surface area contributed by atoms with E-state index in [4.69, 9.17) is 5.73 Å². The summed E-state index contributed by atoms with van der Waals surface area (Å²) in [6, 6.07) is 10.5. The van der Waals surface area contributed by atoms with E-state index in [-0.39, 0.29) is 29.3 Å². The van der Waals surface area contributed by atoms with Gasteiger partial charge in [0.05, 0.1) is 4.90 Å². The number of carbonyl (C=O) groups is 1. The lowest BCUT2D eigenvalue weighted by atomic mass is 10.1. The first kappa shape index (κ1) is 23.9. The molecule has 2 aromatic rings. The summed E-state index contributed by atoms with van der Waals surface area (Å²) in [5, 5.41) is 2.88. The van der Waals surface area contributed by atoms with Gasteiger partial charge in [0.1, 0.15) is 5.82 Å². The number of sulfonamides is 1. The van der Waals surface area contributed by atoms with E-state index in [1.54, 1.807) is 0 Å². The fourth-order valence-corrected chi connectivity index (χ4v) is 3.54. The van der Waals surface area contributed by atoms with Crippen LogP contribution in [0.1, 0.15) is 36.5 Å². The first-order valence-corrected chi connectivity index (χ1v) is 10.2. The van der Waals surface area contributed by atoms with Crippen LogP contribution in [-0.4, -0.2) is 26.9 Å². The molecule has 2 rings (SSSR count). The van der Waals surface area contributed by atoms with E-state index in [9.17, 15) is 17.6 Å². The number of anilines is 1. The van der Waals surface area contributed by atoms with Crippen molar-refractivity contribution < 1.29 is 17.6 Å². The van der Waals surface area contributed by atoms with Crippen molar-refractivity contribution in [3.8, 4) is 0 Å². The lowest BCUT2D eigenvalue weighted by Gasteiger charge is -2.16. The molecular formula is C19H25ClFN3O3S. The van der Waals surface area contributed by atoms with Crippen molar-refractivity contribution in [2.75, 3.05) is 11.3 Å². The van der Waals surface area contributed by atoms with Crippen LogP contribution in [0.2, 0.25) is 0 Å². The van der Waals surface area contributed by atoms with Crippen LogP contribution in [0, 0.1) is 5.82 Å². The molecule has 0 aliphatic heterocycles. The maximum absolute atomic E-state index is 12.9. The minimum atomic E-state index is -3.83. The van der Waals surface area contributed by atoms with E-state index in [0.717, 1.165) is 31.4 Å². The fraction of sp³-hybridized carbons (Fsp3) is 0.316. The molecule has 0 saturated carbocycles. The Kier molecular flexibility index (Phi) is 9.37. The molecule has 1 amide bonds. The average molecular weight is 430 g/mol. The number of rotatable bonds is 9. The summed E-state index contributed by atoms with van der Waals surface area (Å²) < 4.78 is 39.9. The number of carbonyl (C=O) groups excluding carboxylic acids is 1. The smallest absolute Gasteiger partial charge is 0.261 e. The number of halogens is 2. The van der Waals surface area contributed by atoms with Crippen LogP contribution in [0.25, 0.3) is 0 Å². The minimum Gasteiger partial charge on any atom is -0.348 e. The van der Waals surface area contributed by atoms with Gasteiger partial charge in [0.25, 0.3) is 15.9 Å². The maximum atomic E-state index is 12.9. The number of nitrogens with two attached hydrogens (primary N) is 1. The summed E-state index contributed by atoms with van der Waals surface area (Å²) in [5.74, 6) is -0.770. The van der Waals surface area contributed by atoms with Gasteiger partial charge in [-0.05, 0) is 55.0 Å². The third kappa shape index (κ3) is 6.78. The van der Waals surface area contributed by atoms with Gasteiger partial charge < -0.3 is 11.1 Å². The van der Waals surface area contributed by atoms with Crippen molar-refractivity contribution in [2.45, 2.75) is 37.1 Å². The van der Waals surface area contributed by atoms with Crippen LogP contribution in [0.4, 0.5) is 10.1 Å². The molecule has 0 radical (unpaired) electrons. The predicted octanol–water partition coefficient (Wildman–Crippen LogP) is 3.30. The third-order valence-electron chi connectivity index (χ3n) is 4.05. The van der Waals surface area contributed by atoms with Crippen molar-refractivity contribution in [2.24, 2.45) is 5.73 Å². The molecule has 6 nitrogen and oxygen atoms in total. The molecule has 0 heterocycles. The van der Waals surface area contributed by atoms with Crippen LogP contribution < -0.4 is 15.8 Å². The Labute approximate surface area is 171 Å². The Balaban J connectivity index is 0.00000392. The van der Waals surface area contributed by atoms with E-state index < -0.39 is 15.8 Å². The zero-order chi connectivity index (χ0) is 19.9. The molecule has 4 N–H and O–H groups in total. The molecule has 1 atom stereocenters. The van der Waals surface area contributed by atoms with E-state index in [1.807, 2.05) is 0 Å². The molecule has 0 saturated heterocycles. The molecule has 0 spiro atoms. The first-order valence-electron chi connectivity index (χ1n) is 8.75. The standard InChI is InChI=1S/C19H24FN3O3S.ClH/c1-2-3-4-17(13-21)22-19(24)14-5-9-16(10-6-14)23-27(25,26)18-11-7-15(20)8-12-18;/h5-12,17,23H,2-4,13,21H2,1H3,(H,22,24);1H. The van der Waals surface area contributed by atoms with E-state index in [0.29, 0.717) is 17.8 Å². The van der Waals surface area contributed by atoms with Gasteiger partial charge in [-0.3, -0.25) is 9.52 Å². The molecule has 154 valence electrons. The summed E-state index contributed by atoms with van der Waals surface area (Å²) in [6.45, 7) is 2.43. The molecule has 0 aliphatic carbocycles. The third-order valence-corrected chi connectivity index (χ3v) is 5.45. The molecule has 9 heteroatoms. The first-order chi connectivity index (χ1) is 12.9. The van der Waals surface area contributed by atoms with Gasteiger partial charge in [0, 0.05) is 23.8 Å². The van der Waals surface area contributed by atoms with Gasteiger partial charge in [-0.15, -0.1) is 12.4 Å². The van der Waals surface area contributed by atoms with Crippen molar-refractivity contribution in [1.29, 1.82) is 0 Å². The SMILES string of the molecule is CCCCC(CN)NC(=O)c1ccc(NS(=O)(=O)c2ccc(F)cc2)cc1.Cl. The van der Waals surface area contributed by atoms with E-state index in [1.165, 1.54) is 36.4 Å². The Morgan fingerprint density at radius 2 is 1.71 bits per heavy atom. The molecular weight excluding hydrogens is 405 g/mol. The molecule has 0 fully saturated rings. The van der Waals surface area contributed by atoms with Crippen LogP contribution in [-0.2, 0) is 10.0 Å². The summed E-state index contributed by atoms with van der Waals surface area (Å²) in [5.41, 5.74) is 6.40. The zero-order valence-corrected chi connectivity index (χ0v) is 17.2. The molecule has 28 heavy (non-hydrogen) atoms. The second kappa shape index (κ2) is 11.0. The zero-order valence-electron chi connectivity index (χ0n) is 15.5. The highest BCUT2D eigenvalue weighted by Crippen LogP contribution is 2.17. The maximum Gasteiger partial charge on any atom is 0.261 e. The Hall–Kier alpha value is -2.16. The molecule has 0 bridgehead atoms. The van der Waals surface area contributed by atoms with Crippen LogP contribution in [0.15, 0.2) is 53.4 Å². The molecule has 2 aromatic carbocycles. The highest BCUT2D eigenvalue weighted by atomic mass is 35.5. The van der Waals surface area contributed by atoms with Gasteiger partial charge >= 0.3 is 0 Å². The predicted molar refractivity (Wildman–Crippen MR) is 111 cm³/mol. The Morgan fingerprint density at radius 1 is 1.11 bits per heavy atom. The van der Waals surface area contributed by atoms with Gasteiger partial charge in [-0.1, -0.05) is 19.8 Å². The number of unbranched alkanes of at least 4 members (excludes halogenated alkanes) is 1. The lowest BCUT2D eigenvalue weighted by molar-refractivity contribution is 0.0936. The van der Waals surface area contributed by atoms with Gasteiger partial charge in [0.2, 0.25) is 0 Å². The summed E-state index contributed by atoms with van der Waals surface area (Å²) in [6.07, 6.45) is 2.82. The molecule has 0 aromatic heterocycles. The largest absolute Gasteiger partial charge is 0.348 e. The number of amides is 1. The average Bonchev–Trinajstić information content (AvgIpc) is 2.65. The summed E-state index contributed by atoms with van der Waals surface area (Å²) in [7, 11) is -3.83. The minimum absolute atomic E-state index is 0. The van der Waals surface area contributed by atoms with E-state index >= 15 is 0 Å².